The van der Waals surface area contributed by atoms with Gasteiger partial charge in [-0.2, -0.15) is 0 Å². The molecule has 178 valence electrons. The highest BCUT2D eigenvalue weighted by molar-refractivity contribution is 7.10. The van der Waals surface area contributed by atoms with E-state index in [4.69, 9.17) is 0 Å². The summed E-state index contributed by atoms with van der Waals surface area (Å²) in [4.78, 5) is 18.7. The van der Waals surface area contributed by atoms with E-state index in [2.05, 4.69) is 49.9 Å². The van der Waals surface area contributed by atoms with Crippen LogP contribution in [0.25, 0.3) is 0 Å². The van der Waals surface area contributed by atoms with Crippen LogP contribution in [0.15, 0.2) is 60.0 Å². The van der Waals surface area contributed by atoms with E-state index < -0.39 is 0 Å². The molecule has 0 radical (unpaired) electrons. The van der Waals surface area contributed by atoms with Gasteiger partial charge in [-0.3, -0.25) is 9.69 Å². The van der Waals surface area contributed by atoms with Crippen molar-refractivity contribution >= 4 is 22.9 Å². The van der Waals surface area contributed by atoms with Crippen LogP contribution in [-0.4, -0.2) is 30.4 Å². The number of thiophene rings is 1. The number of carbonyl (C=O) groups is 1. The first kappa shape index (κ1) is 23.3. The maximum atomic E-state index is 14.3. The first-order valence-corrected chi connectivity index (χ1v) is 13.1. The SMILES string of the molecule is CC(C)(C)c1ccc(CN2CCC3(CC2)CN(C(=O)Cc2cccs2)c2ccc(F)cc23)cc1. The second-order valence-corrected chi connectivity index (χ2v) is 11.9. The summed E-state index contributed by atoms with van der Waals surface area (Å²) in [5.74, 6) is -0.111. The van der Waals surface area contributed by atoms with Crippen molar-refractivity contribution < 1.29 is 9.18 Å². The number of hydrogen-bond donors (Lipinski definition) is 0. The average molecular weight is 477 g/mol. The summed E-state index contributed by atoms with van der Waals surface area (Å²) in [5, 5.41) is 2.00. The number of halogens is 1. The van der Waals surface area contributed by atoms with Crippen LogP contribution >= 0.6 is 11.3 Å². The number of nitrogens with zero attached hydrogens (tertiary/aromatic N) is 2. The highest BCUT2D eigenvalue weighted by atomic mass is 32.1. The van der Waals surface area contributed by atoms with Gasteiger partial charge in [0.2, 0.25) is 5.91 Å². The average Bonchev–Trinajstić information content (AvgIpc) is 3.42. The molecule has 2 aliphatic rings. The van der Waals surface area contributed by atoms with Gasteiger partial charge in [0, 0.05) is 29.1 Å². The molecule has 1 spiro atoms. The van der Waals surface area contributed by atoms with E-state index in [9.17, 15) is 9.18 Å². The number of amides is 1. The van der Waals surface area contributed by atoms with E-state index in [-0.39, 0.29) is 22.6 Å². The molecule has 0 bridgehead atoms. The second kappa shape index (κ2) is 8.94. The molecule has 1 fully saturated rings. The third kappa shape index (κ3) is 4.56. The molecule has 0 atom stereocenters. The molecule has 2 aromatic carbocycles. The van der Waals surface area contributed by atoms with Crippen LogP contribution in [0, 0.1) is 5.82 Å². The lowest BCUT2D eigenvalue weighted by Gasteiger charge is -2.40. The fourth-order valence-corrected chi connectivity index (χ4v) is 6.15. The molecule has 0 saturated carbocycles. The summed E-state index contributed by atoms with van der Waals surface area (Å²) in [5.41, 5.74) is 4.60. The Balaban J connectivity index is 1.30. The third-order valence-electron chi connectivity index (χ3n) is 7.53. The number of likely N-dealkylation sites (tertiary alicyclic amines) is 1. The summed E-state index contributed by atoms with van der Waals surface area (Å²) in [7, 11) is 0. The molecule has 5 rings (SSSR count). The van der Waals surface area contributed by atoms with Crippen molar-refractivity contribution in [1.82, 2.24) is 4.90 Å². The van der Waals surface area contributed by atoms with Gasteiger partial charge in [0.05, 0.1) is 6.42 Å². The van der Waals surface area contributed by atoms with Crippen molar-refractivity contribution in [1.29, 1.82) is 0 Å². The van der Waals surface area contributed by atoms with Gasteiger partial charge in [-0.1, -0.05) is 51.1 Å². The minimum Gasteiger partial charge on any atom is -0.311 e. The Labute approximate surface area is 206 Å². The summed E-state index contributed by atoms with van der Waals surface area (Å²) in [6, 6.07) is 17.9. The number of hydrogen-bond acceptors (Lipinski definition) is 3. The molecule has 0 N–H and O–H groups in total. The molecule has 3 heterocycles. The second-order valence-electron chi connectivity index (χ2n) is 10.9. The Morgan fingerprint density at radius 2 is 1.79 bits per heavy atom. The van der Waals surface area contributed by atoms with Crippen LogP contribution in [-0.2, 0) is 28.6 Å². The zero-order valence-electron chi connectivity index (χ0n) is 20.3. The monoisotopic (exact) mass is 476 g/mol. The Morgan fingerprint density at radius 3 is 2.44 bits per heavy atom. The molecule has 1 saturated heterocycles. The molecule has 0 aliphatic carbocycles. The first-order valence-electron chi connectivity index (χ1n) is 12.2. The van der Waals surface area contributed by atoms with Gasteiger partial charge in [-0.15, -0.1) is 11.3 Å². The van der Waals surface area contributed by atoms with Crippen molar-refractivity contribution in [2.75, 3.05) is 24.5 Å². The van der Waals surface area contributed by atoms with Gasteiger partial charge in [-0.05, 0) is 77.7 Å². The Kier molecular flexibility index (Phi) is 6.11. The van der Waals surface area contributed by atoms with Crippen molar-refractivity contribution in [3.63, 3.8) is 0 Å². The molecule has 1 aromatic heterocycles. The van der Waals surface area contributed by atoms with E-state index >= 15 is 0 Å². The van der Waals surface area contributed by atoms with Crippen LogP contribution in [0.2, 0.25) is 0 Å². The summed E-state index contributed by atoms with van der Waals surface area (Å²) in [6.45, 7) is 10.2. The van der Waals surface area contributed by atoms with Crippen LogP contribution in [0.4, 0.5) is 10.1 Å². The fourth-order valence-electron chi connectivity index (χ4n) is 5.46. The number of fused-ring (bicyclic) bond motifs is 2. The number of benzene rings is 2. The Morgan fingerprint density at radius 1 is 1.06 bits per heavy atom. The molecule has 34 heavy (non-hydrogen) atoms. The van der Waals surface area contributed by atoms with Gasteiger partial charge in [-0.25, -0.2) is 4.39 Å². The number of anilines is 1. The Hall–Kier alpha value is -2.50. The number of carbonyl (C=O) groups excluding carboxylic acids is 1. The normalized spacial score (nSPS) is 17.8. The van der Waals surface area contributed by atoms with Crippen LogP contribution in [0.1, 0.15) is 55.2 Å². The predicted octanol–water partition coefficient (Wildman–Crippen LogP) is 6.31. The van der Waals surface area contributed by atoms with Gasteiger partial charge < -0.3 is 4.90 Å². The molecule has 5 heteroatoms. The topological polar surface area (TPSA) is 23.6 Å². The molecule has 3 nitrogen and oxygen atoms in total. The van der Waals surface area contributed by atoms with Crippen LogP contribution in [0.5, 0.6) is 0 Å². The summed E-state index contributed by atoms with van der Waals surface area (Å²) < 4.78 is 14.3. The zero-order valence-corrected chi connectivity index (χ0v) is 21.1. The first-order chi connectivity index (χ1) is 16.2. The standard InChI is InChI=1S/C29H33FN2OS/c1-28(2,3)22-8-6-21(7-9-22)19-31-14-12-29(13-15-31)20-32(26-11-10-23(30)17-25(26)29)27(33)18-24-5-4-16-34-24/h4-11,16-17H,12-15,18-20H2,1-3H3. The van der Waals surface area contributed by atoms with E-state index in [0.717, 1.165) is 48.6 Å². The zero-order chi connectivity index (χ0) is 23.9. The lowest BCUT2D eigenvalue weighted by atomic mass is 9.74. The van der Waals surface area contributed by atoms with Gasteiger partial charge in [0.15, 0.2) is 0 Å². The highest BCUT2D eigenvalue weighted by Gasteiger charge is 2.46. The van der Waals surface area contributed by atoms with E-state index in [1.807, 2.05) is 22.4 Å². The predicted molar refractivity (Wildman–Crippen MR) is 138 cm³/mol. The third-order valence-corrected chi connectivity index (χ3v) is 8.40. The minimum absolute atomic E-state index is 0.105. The lowest BCUT2D eigenvalue weighted by molar-refractivity contribution is -0.118. The summed E-state index contributed by atoms with van der Waals surface area (Å²) in [6.07, 6.45) is 2.28. The van der Waals surface area contributed by atoms with Gasteiger partial charge in [0.1, 0.15) is 5.82 Å². The summed E-state index contributed by atoms with van der Waals surface area (Å²) >= 11 is 1.61. The maximum Gasteiger partial charge on any atom is 0.232 e. The van der Waals surface area contributed by atoms with Crippen LogP contribution in [0.3, 0.4) is 0 Å². The minimum atomic E-state index is -0.216. The van der Waals surface area contributed by atoms with Gasteiger partial charge in [0.25, 0.3) is 0 Å². The Bertz CT molecular complexity index is 1160. The van der Waals surface area contributed by atoms with Gasteiger partial charge >= 0.3 is 0 Å². The van der Waals surface area contributed by atoms with Crippen molar-refractivity contribution in [2.45, 2.75) is 57.4 Å². The molecule has 1 amide bonds. The maximum absolute atomic E-state index is 14.3. The van der Waals surface area contributed by atoms with Crippen molar-refractivity contribution in [3.05, 3.63) is 87.4 Å². The lowest BCUT2D eigenvalue weighted by Crippen LogP contribution is -2.46. The van der Waals surface area contributed by atoms with Crippen molar-refractivity contribution in [2.24, 2.45) is 0 Å². The van der Waals surface area contributed by atoms with E-state index in [0.29, 0.717) is 13.0 Å². The quantitative estimate of drug-likeness (QED) is 0.441. The molecule has 0 unspecified atom stereocenters. The fraction of sp³-hybridized carbons (Fsp3) is 0.414. The van der Waals surface area contributed by atoms with E-state index in [1.165, 1.54) is 17.2 Å². The molecular weight excluding hydrogens is 443 g/mol. The molecule has 3 aromatic rings. The number of rotatable bonds is 4. The van der Waals surface area contributed by atoms with Crippen molar-refractivity contribution in [3.8, 4) is 0 Å². The largest absolute Gasteiger partial charge is 0.311 e. The molecule has 2 aliphatic heterocycles. The smallest absolute Gasteiger partial charge is 0.232 e. The number of piperidine rings is 1. The molecular formula is C29H33FN2OS. The van der Waals surface area contributed by atoms with E-state index in [1.54, 1.807) is 23.5 Å². The van der Waals surface area contributed by atoms with Crippen LogP contribution < -0.4 is 4.90 Å². The highest BCUT2D eigenvalue weighted by Crippen LogP contribution is 2.47.